The van der Waals surface area contributed by atoms with Crippen LogP contribution in [0.4, 0.5) is 4.39 Å². The largest absolute Gasteiger partial charge is 0.507 e. The van der Waals surface area contributed by atoms with Gasteiger partial charge in [-0.3, -0.25) is 14.6 Å². The van der Waals surface area contributed by atoms with Crippen molar-refractivity contribution in [3.05, 3.63) is 100 Å². The molecule has 168 valence electrons. The summed E-state index contributed by atoms with van der Waals surface area (Å²) in [5, 5.41) is 11.5. The van der Waals surface area contributed by atoms with Gasteiger partial charge in [0.15, 0.2) is 0 Å². The van der Waals surface area contributed by atoms with Crippen LogP contribution in [0.3, 0.4) is 0 Å². The molecule has 1 N–H and O–H groups in total. The number of likely N-dealkylation sites (tertiary alicyclic amines) is 1. The minimum atomic E-state index is -0.919. The third-order valence-electron chi connectivity index (χ3n) is 5.31. The number of Topliss-reactive ketones (excluding diaryl/α,β-unsaturated/α-hetero) is 1. The van der Waals surface area contributed by atoms with E-state index in [9.17, 15) is 19.1 Å². The van der Waals surface area contributed by atoms with Crippen molar-refractivity contribution in [1.29, 1.82) is 0 Å². The highest BCUT2D eigenvalue weighted by atomic mass is 35.5. The summed E-state index contributed by atoms with van der Waals surface area (Å²) in [5.74, 6) is -2.09. The second-order valence-corrected chi connectivity index (χ2v) is 7.83. The maximum atomic E-state index is 13.6. The summed E-state index contributed by atoms with van der Waals surface area (Å²) in [4.78, 5) is 31.5. The fourth-order valence-corrected chi connectivity index (χ4v) is 3.97. The highest BCUT2D eigenvalue weighted by Gasteiger charge is 2.46. The van der Waals surface area contributed by atoms with E-state index in [0.29, 0.717) is 28.5 Å². The highest BCUT2D eigenvalue weighted by molar-refractivity contribution is 6.46. The van der Waals surface area contributed by atoms with Gasteiger partial charge in [-0.05, 0) is 54.4 Å². The molecule has 4 rings (SSSR count). The Kier molecular flexibility index (Phi) is 6.42. The zero-order chi connectivity index (χ0) is 23.5. The molecular weight excluding hydrogens is 447 g/mol. The number of aliphatic hydroxyl groups excluding tert-OH is 1. The van der Waals surface area contributed by atoms with E-state index in [-0.39, 0.29) is 23.4 Å². The molecule has 0 spiro atoms. The Morgan fingerprint density at radius 2 is 1.94 bits per heavy atom. The first-order valence-corrected chi connectivity index (χ1v) is 10.6. The molecular formula is C25H20ClFN2O4. The Hall–Kier alpha value is -3.71. The second-order valence-electron chi connectivity index (χ2n) is 7.42. The number of carbonyl (C=O) groups is 2. The second kappa shape index (κ2) is 9.42. The van der Waals surface area contributed by atoms with Crippen molar-refractivity contribution in [1.82, 2.24) is 9.88 Å². The number of carbonyl (C=O) groups excluding carboxylic acids is 2. The molecule has 3 aromatic rings. The van der Waals surface area contributed by atoms with Crippen LogP contribution in [-0.2, 0) is 16.1 Å². The quantitative estimate of drug-likeness (QED) is 0.318. The Balaban J connectivity index is 1.86. The van der Waals surface area contributed by atoms with Crippen molar-refractivity contribution >= 4 is 29.1 Å². The molecule has 6 nitrogen and oxygen atoms in total. The van der Waals surface area contributed by atoms with Crippen molar-refractivity contribution in [3.63, 3.8) is 0 Å². The summed E-state index contributed by atoms with van der Waals surface area (Å²) in [6.45, 7) is 2.23. The average molecular weight is 467 g/mol. The smallest absolute Gasteiger partial charge is 0.295 e. The third-order valence-corrected chi connectivity index (χ3v) is 5.62. The number of amides is 1. The van der Waals surface area contributed by atoms with E-state index < -0.39 is 23.5 Å². The van der Waals surface area contributed by atoms with E-state index in [4.69, 9.17) is 16.3 Å². The molecule has 1 saturated heterocycles. The summed E-state index contributed by atoms with van der Waals surface area (Å²) in [5.41, 5.74) is 1.37. The molecule has 1 unspecified atom stereocenters. The SMILES string of the molecule is CCOc1cc(/C(O)=C2/C(=O)C(=O)N(Cc3cccnc3)C2c2ccc(F)cc2)ccc1Cl. The minimum Gasteiger partial charge on any atom is -0.507 e. The van der Waals surface area contributed by atoms with Crippen molar-refractivity contribution in [2.24, 2.45) is 0 Å². The zero-order valence-corrected chi connectivity index (χ0v) is 18.4. The number of ketones is 1. The highest BCUT2D eigenvalue weighted by Crippen LogP contribution is 2.41. The molecule has 1 aromatic heterocycles. The van der Waals surface area contributed by atoms with Crippen LogP contribution in [0.15, 0.2) is 72.6 Å². The Bertz CT molecular complexity index is 1230. The van der Waals surface area contributed by atoms with Gasteiger partial charge in [0.1, 0.15) is 17.3 Å². The first-order chi connectivity index (χ1) is 15.9. The summed E-state index contributed by atoms with van der Waals surface area (Å²) in [7, 11) is 0. The van der Waals surface area contributed by atoms with E-state index in [1.165, 1.54) is 41.3 Å². The van der Waals surface area contributed by atoms with Gasteiger partial charge in [-0.1, -0.05) is 29.8 Å². The number of halogens is 2. The maximum Gasteiger partial charge on any atom is 0.295 e. The van der Waals surface area contributed by atoms with Gasteiger partial charge in [-0.25, -0.2) is 4.39 Å². The lowest BCUT2D eigenvalue weighted by molar-refractivity contribution is -0.140. The number of aromatic nitrogens is 1. The predicted molar refractivity (Wildman–Crippen MR) is 121 cm³/mol. The standard InChI is InChI=1S/C25H20ClFN2O4/c1-2-33-20-12-17(7-10-19(20)26)23(30)21-22(16-5-8-18(27)9-6-16)29(25(32)24(21)31)14-15-4-3-11-28-13-15/h3-13,22,30H,2,14H2,1H3/b23-21-. The van der Waals surface area contributed by atoms with Gasteiger partial charge in [0.25, 0.3) is 11.7 Å². The number of ether oxygens (including phenoxy) is 1. The first-order valence-electron chi connectivity index (χ1n) is 10.3. The molecule has 2 heterocycles. The minimum absolute atomic E-state index is 0.0854. The van der Waals surface area contributed by atoms with Crippen molar-refractivity contribution in [2.45, 2.75) is 19.5 Å². The predicted octanol–water partition coefficient (Wildman–Crippen LogP) is 4.89. The van der Waals surface area contributed by atoms with Crippen LogP contribution in [0.5, 0.6) is 5.75 Å². The van der Waals surface area contributed by atoms with E-state index in [1.54, 1.807) is 37.5 Å². The van der Waals surface area contributed by atoms with Gasteiger partial charge in [0.2, 0.25) is 0 Å². The van der Waals surface area contributed by atoms with Gasteiger partial charge < -0.3 is 14.7 Å². The normalized spacial score (nSPS) is 17.4. The number of benzene rings is 2. The van der Waals surface area contributed by atoms with Gasteiger partial charge in [0.05, 0.1) is 23.2 Å². The molecule has 8 heteroatoms. The lowest BCUT2D eigenvalue weighted by Gasteiger charge is -2.25. The molecule has 0 saturated carbocycles. The number of aliphatic hydroxyl groups is 1. The molecule has 1 amide bonds. The summed E-state index contributed by atoms with van der Waals surface area (Å²) in [6.07, 6.45) is 3.19. The van der Waals surface area contributed by atoms with E-state index in [2.05, 4.69) is 4.98 Å². The lowest BCUT2D eigenvalue weighted by atomic mass is 9.95. The van der Waals surface area contributed by atoms with Crippen LogP contribution in [0.2, 0.25) is 5.02 Å². The van der Waals surface area contributed by atoms with Crippen LogP contribution in [-0.4, -0.2) is 33.3 Å². The van der Waals surface area contributed by atoms with Crippen LogP contribution >= 0.6 is 11.6 Å². The number of pyridine rings is 1. The maximum absolute atomic E-state index is 13.6. The number of hydrogen-bond donors (Lipinski definition) is 1. The van der Waals surface area contributed by atoms with Gasteiger partial charge in [-0.15, -0.1) is 0 Å². The van der Waals surface area contributed by atoms with E-state index >= 15 is 0 Å². The molecule has 0 bridgehead atoms. The molecule has 0 aliphatic carbocycles. The fourth-order valence-electron chi connectivity index (χ4n) is 3.80. The van der Waals surface area contributed by atoms with Crippen LogP contribution in [0.1, 0.15) is 29.7 Å². The van der Waals surface area contributed by atoms with Gasteiger partial charge >= 0.3 is 0 Å². The molecule has 1 aliphatic heterocycles. The summed E-state index contributed by atoms with van der Waals surface area (Å²) < 4.78 is 19.1. The van der Waals surface area contributed by atoms with Crippen LogP contribution in [0.25, 0.3) is 5.76 Å². The Labute approximate surface area is 194 Å². The molecule has 1 aliphatic rings. The van der Waals surface area contributed by atoms with Crippen molar-refractivity contribution < 1.29 is 23.8 Å². The van der Waals surface area contributed by atoms with Crippen LogP contribution in [0, 0.1) is 5.82 Å². The fraction of sp³-hybridized carbons (Fsp3) is 0.160. The molecule has 0 radical (unpaired) electrons. The average Bonchev–Trinajstić information content (AvgIpc) is 3.06. The van der Waals surface area contributed by atoms with Gasteiger partial charge in [-0.2, -0.15) is 0 Å². The van der Waals surface area contributed by atoms with Crippen LogP contribution < -0.4 is 4.74 Å². The first kappa shape index (κ1) is 22.5. The topological polar surface area (TPSA) is 79.7 Å². The Morgan fingerprint density at radius 3 is 2.61 bits per heavy atom. The van der Waals surface area contributed by atoms with Gasteiger partial charge in [0, 0.05) is 24.5 Å². The number of hydrogen-bond acceptors (Lipinski definition) is 5. The van der Waals surface area contributed by atoms with Crippen molar-refractivity contribution in [2.75, 3.05) is 6.61 Å². The third kappa shape index (κ3) is 4.45. The molecule has 1 fully saturated rings. The van der Waals surface area contributed by atoms with E-state index in [0.717, 1.165) is 0 Å². The molecule has 2 aromatic carbocycles. The lowest BCUT2D eigenvalue weighted by Crippen LogP contribution is -2.29. The molecule has 1 atom stereocenters. The molecule has 33 heavy (non-hydrogen) atoms. The van der Waals surface area contributed by atoms with Crippen molar-refractivity contribution in [3.8, 4) is 5.75 Å². The number of nitrogens with zero attached hydrogens (tertiary/aromatic N) is 2. The monoisotopic (exact) mass is 466 g/mol. The zero-order valence-electron chi connectivity index (χ0n) is 17.7. The van der Waals surface area contributed by atoms with E-state index in [1.807, 2.05) is 0 Å². The Morgan fingerprint density at radius 1 is 1.18 bits per heavy atom. The summed E-state index contributed by atoms with van der Waals surface area (Å²) >= 11 is 6.15. The number of rotatable bonds is 6. The summed E-state index contributed by atoms with van der Waals surface area (Å²) in [6, 6.07) is 12.6.